The van der Waals surface area contributed by atoms with Crippen LogP contribution in [0, 0.1) is 5.92 Å². The standard InChI is InChI=1S/C22H25N3O/c1-2-6-19(7-3-1)17-24-12-8-20(9-13-24)18-26-22-14-21(15-23-16-22)25-10-4-5-11-25/h1-7,10-11,14-16,20H,8-9,12-13,17-18H2. The second-order valence-corrected chi connectivity index (χ2v) is 6.99. The van der Waals surface area contributed by atoms with Gasteiger partial charge in [0.2, 0.25) is 0 Å². The molecule has 134 valence electrons. The first-order valence-electron chi connectivity index (χ1n) is 9.34. The largest absolute Gasteiger partial charge is 0.492 e. The number of piperidine rings is 1. The molecule has 0 atom stereocenters. The van der Waals surface area contributed by atoms with Crippen LogP contribution in [0.2, 0.25) is 0 Å². The predicted molar refractivity (Wildman–Crippen MR) is 104 cm³/mol. The molecule has 1 aliphatic rings. The lowest BCUT2D eigenvalue weighted by atomic mass is 9.97. The molecule has 1 saturated heterocycles. The van der Waals surface area contributed by atoms with E-state index in [0.717, 1.165) is 37.7 Å². The van der Waals surface area contributed by atoms with Crippen molar-refractivity contribution in [1.82, 2.24) is 14.5 Å². The van der Waals surface area contributed by atoms with Gasteiger partial charge in [-0.15, -0.1) is 0 Å². The van der Waals surface area contributed by atoms with Crippen molar-refractivity contribution in [1.29, 1.82) is 0 Å². The molecule has 4 heteroatoms. The minimum absolute atomic E-state index is 0.622. The third-order valence-corrected chi connectivity index (χ3v) is 5.04. The van der Waals surface area contributed by atoms with Gasteiger partial charge in [0.25, 0.3) is 0 Å². The van der Waals surface area contributed by atoms with E-state index in [1.54, 1.807) is 6.20 Å². The topological polar surface area (TPSA) is 30.3 Å². The normalized spacial score (nSPS) is 15.8. The molecule has 0 N–H and O–H groups in total. The Kier molecular flexibility index (Phi) is 5.31. The van der Waals surface area contributed by atoms with Crippen molar-refractivity contribution in [2.24, 2.45) is 5.92 Å². The summed E-state index contributed by atoms with van der Waals surface area (Å²) >= 11 is 0. The quantitative estimate of drug-likeness (QED) is 0.671. The minimum atomic E-state index is 0.622. The molecular weight excluding hydrogens is 322 g/mol. The van der Waals surface area contributed by atoms with E-state index >= 15 is 0 Å². The molecule has 2 aromatic heterocycles. The lowest BCUT2D eigenvalue weighted by Crippen LogP contribution is -2.35. The van der Waals surface area contributed by atoms with Gasteiger partial charge in [0.1, 0.15) is 5.75 Å². The first-order chi connectivity index (χ1) is 12.9. The molecule has 0 amide bonds. The molecule has 26 heavy (non-hydrogen) atoms. The van der Waals surface area contributed by atoms with E-state index < -0.39 is 0 Å². The summed E-state index contributed by atoms with van der Waals surface area (Å²) in [7, 11) is 0. The molecule has 1 fully saturated rings. The molecule has 1 aromatic carbocycles. The van der Waals surface area contributed by atoms with Crippen LogP contribution >= 0.6 is 0 Å². The Morgan fingerprint density at radius 2 is 1.73 bits per heavy atom. The second kappa shape index (κ2) is 8.19. The third kappa shape index (κ3) is 4.33. The number of likely N-dealkylation sites (tertiary alicyclic amines) is 1. The van der Waals surface area contributed by atoms with Gasteiger partial charge in [-0.2, -0.15) is 0 Å². The van der Waals surface area contributed by atoms with Gasteiger partial charge in [0.05, 0.1) is 24.7 Å². The maximum absolute atomic E-state index is 6.04. The summed E-state index contributed by atoms with van der Waals surface area (Å²) in [6, 6.07) is 16.8. The maximum Gasteiger partial charge on any atom is 0.139 e. The molecule has 4 rings (SSSR count). The fourth-order valence-corrected chi connectivity index (χ4v) is 3.50. The van der Waals surface area contributed by atoms with Gasteiger partial charge in [-0.1, -0.05) is 30.3 Å². The Morgan fingerprint density at radius 3 is 2.50 bits per heavy atom. The van der Waals surface area contributed by atoms with E-state index in [9.17, 15) is 0 Å². The zero-order chi connectivity index (χ0) is 17.6. The fraction of sp³-hybridized carbons (Fsp3) is 0.318. The van der Waals surface area contributed by atoms with Crippen LogP contribution in [0.4, 0.5) is 0 Å². The van der Waals surface area contributed by atoms with E-state index in [-0.39, 0.29) is 0 Å². The zero-order valence-electron chi connectivity index (χ0n) is 15.0. The van der Waals surface area contributed by atoms with Gasteiger partial charge >= 0.3 is 0 Å². The van der Waals surface area contributed by atoms with Crippen molar-refractivity contribution in [2.75, 3.05) is 19.7 Å². The number of pyridine rings is 1. The van der Waals surface area contributed by atoms with E-state index in [0.29, 0.717) is 5.92 Å². The van der Waals surface area contributed by atoms with Crippen LogP contribution in [-0.2, 0) is 6.54 Å². The Labute approximate surface area is 155 Å². The van der Waals surface area contributed by atoms with E-state index in [4.69, 9.17) is 4.74 Å². The monoisotopic (exact) mass is 347 g/mol. The molecule has 4 nitrogen and oxygen atoms in total. The number of aromatic nitrogens is 2. The highest BCUT2D eigenvalue weighted by Gasteiger charge is 2.19. The van der Waals surface area contributed by atoms with Crippen molar-refractivity contribution in [2.45, 2.75) is 19.4 Å². The number of rotatable bonds is 6. The lowest BCUT2D eigenvalue weighted by Gasteiger charge is -2.31. The van der Waals surface area contributed by atoms with Crippen LogP contribution in [0.1, 0.15) is 18.4 Å². The smallest absolute Gasteiger partial charge is 0.139 e. The number of hydrogen-bond donors (Lipinski definition) is 0. The Bertz CT molecular complexity index is 793. The van der Waals surface area contributed by atoms with Gasteiger partial charge in [0.15, 0.2) is 0 Å². The minimum Gasteiger partial charge on any atom is -0.492 e. The van der Waals surface area contributed by atoms with Gasteiger partial charge in [-0.3, -0.25) is 9.88 Å². The SMILES string of the molecule is c1ccc(CN2CCC(COc3cncc(-n4cccc4)c3)CC2)cc1. The van der Waals surface area contributed by atoms with Crippen molar-refractivity contribution < 1.29 is 4.74 Å². The molecule has 0 bridgehead atoms. The summed E-state index contributed by atoms with van der Waals surface area (Å²) < 4.78 is 8.09. The number of benzene rings is 1. The fourth-order valence-electron chi connectivity index (χ4n) is 3.50. The Balaban J connectivity index is 1.26. The van der Waals surface area contributed by atoms with Gasteiger partial charge in [0, 0.05) is 25.0 Å². The number of ether oxygens (including phenoxy) is 1. The molecular formula is C22H25N3O. The number of hydrogen-bond acceptors (Lipinski definition) is 3. The molecule has 0 unspecified atom stereocenters. The summed E-state index contributed by atoms with van der Waals surface area (Å²) in [5, 5.41) is 0. The zero-order valence-corrected chi connectivity index (χ0v) is 15.0. The van der Waals surface area contributed by atoms with Crippen LogP contribution in [0.25, 0.3) is 5.69 Å². The van der Waals surface area contributed by atoms with Crippen LogP contribution in [-0.4, -0.2) is 34.1 Å². The molecule has 1 aliphatic heterocycles. The summed E-state index contributed by atoms with van der Waals surface area (Å²) in [5.41, 5.74) is 2.43. The van der Waals surface area contributed by atoms with E-state index in [2.05, 4.69) is 46.3 Å². The molecule has 0 saturated carbocycles. The Morgan fingerprint density at radius 1 is 0.962 bits per heavy atom. The van der Waals surface area contributed by atoms with Crippen molar-refractivity contribution in [3.05, 3.63) is 78.9 Å². The summed E-state index contributed by atoms with van der Waals surface area (Å²) in [5.74, 6) is 1.47. The van der Waals surface area contributed by atoms with Gasteiger partial charge in [-0.25, -0.2) is 0 Å². The highest BCUT2D eigenvalue weighted by atomic mass is 16.5. The van der Waals surface area contributed by atoms with Crippen LogP contribution < -0.4 is 4.74 Å². The van der Waals surface area contributed by atoms with Crippen LogP contribution in [0.3, 0.4) is 0 Å². The molecule has 0 spiro atoms. The summed E-state index contributed by atoms with van der Waals surface area (Å²) in [4.78, 5) is 6.85. The van der Waals surface area contributed by atoms with E-state index in [1.165, 1.54) is 18.4 Å². The summed E-state index contributed by atoms with van der Waals surface area (Å²) in [6.45, 7) is 4.11. The maximum atomic E-state index is 6.04. The molecule has 3 aromatic rings. The van der Waals surface area contributed by atoms with Crippen molar-refractivity contribution >= 4 is 0 Å². The molecule has 0 radical (unpaired) electrons. The average Bonchev–Trinajstić information content (AvgIpc) is 3.23. The first-order valence-corrected chi connectivity index (χ1v) is 9.34. The highest BCUT2D eigenvalue weighted by Crippen LogP contribution is 2.21. The average molecular weight is 347 g/mol. The lowest BCUT2D eigenvalue weighted by molar-refractivity contribution is 0.136. The van der Waals surface area contributed by atoms with Crippen molar-refractivity contribution in [3.8, 4) is 11.4 Å². The molecule has 3 heterocycles. The van der Waals surface area contributed by atoms with Crippen LogP contribution in [0.15, 0.2) is 73.3 Å². The molecule has 0 aliphatic carbocycles. The van der Waals surface area contributed by atoms with Crippen molar-refractivity contribution in [3.63, 3.8) is 0 Å². The first kappa shape index (κ1) is 16.9. The second-order valence-electron chi connectivity index (χ2n) is 6.99. The number of nitrogens with zero attached hydrogens (tertiary/aromatic N) is 3. The highest BCUT2D eigenvalue weighted by molar-refractivity contribution is 5.35. The van der Waals surface area contributed by atoms with Gasteiger partial charge < -0.3 is 9.30 Å². The predicted octanol–water partition coefficient (Wildman–Crippen LogP) is 4.16. The van der Waals surface area contributed by atoms with Crippen LogP contribution in [0.5, 0.6) is 5.75 Å². The summed E-state index contributed by atoms with van der Waals surface area (Å²) in [6.07, 6.45) is 10.1. The third-order valence-electron chi connectivity index (χ3n) is 5.04. The van der Waals surface area contributed by atoms with Gasteiger partial charge in [-0.05, 0) is 49.5 Å². The Hall–Kier alpha value is -2.59. The van der Waals surface area contributed by atoms with E-state index in [1.807, 2.05) is 35.3 Å².